The predicted octanol–water partition coefficient (Wildman–Crippen LogP) is 19.4. The smallest absolute Gasteiger partial charge is 0.150 e. The van der Waals surface area contributed by atoms with Crippen LogP contribution in [0, 0.1) is 0 Å². The standard InChI is InChI=1S/2C13H12O.C9H10O.C7H6O.8C2H6.3CH4/c1-10(14)9-12-7-4-6-11-5-2-3-8-13(11)12;1-10(14)8-11-6-7-12-4-2-3-5-13(12)9-11;1-8(10)7-9-5-3-2-4-6-9;8-6-7-4-2-1-3-5-7;8*1-2;;;/h2-8H,9H2,1H3;2-7,9H,8H2,1H3;2-6H,7H2,1H3;1-6H;8*1-2H3;3*1H4. The highest BCUT2D eigenvalue weighted by Crippen LogP contribution is 2.19. The van der Waals surface area contributed by atoms with Crippen molar-refractivity contribution in [3.63, 3.8) is 0 Å². The van der Waals surface area contributed by atoms with Gasteiger partial charge in [0.15, 0.2) is 0 Å². The van der Waals surface area contributed by atoms with E-state index in [1.165, 1.54) is 21.5 Å². The van der Waals surface area contributed by atoms with Gasteiger partial charge in [-0.3, -0.25) is 19.2 Å². The van der Waals surface area contributed by atoms with Gasteiger partial charge in [-0.2, -0.15) is 0 Å². The molecule has 0 saturated carbocycles. The Labute approximate surface area is 403 Å². The van der Waals surface area contributed by atoms with E-state index in [2.05, 4.69) is 42.5 Å². The first kappa shape index (κ1) is 79.9. The van der Waals surface area contributed by atoms with Crippen LogP contribution in [0.1, 0.15) is 181 Å². The number of carbonyl (C=O) groups is 4. The van der Waals surface area contributed by atoms with Crippen LogP contribution in [-0.2, 0) is 33.6 Å². The molecule has 0 fully saturated rings. The van der Waals surface area contributed by atoms with Gasteiger partial charge in [0, 0.05) is 24.8 Å². The van der Waals surface area contributed by atoms with Crippen LogP contribution in [0.25, 0.3) is 21.5 Å². The van der Waals surface area contributed by atoms with E-state index in [0.29, 0.717) is 19.3 Å². The van der Waals surface area contributed by atoms with Crippen molar-refractivity contribution in [2.45, 2.75) is 173 Å². The van der Waals surface area contributed by atoms with E-state index in [9.17, 15) is 19.2 Å². The van der Waals surface area contributed by atoms with Crippen molar-refractivity contribution in [2.24, 2.45) is 0 Å². The van der Waals surface area contributed by atoms with Crippen molar-refractivity contribution in [1.82, 2.24) is 0 Å². The maximum atomic E-state index is 11.1. The molecule has 65 heavy (non-hydrogen) atoms. The van der Waals surface area contributed by atoms with Crippen molar-refractivity contribution in [2.75, 3.05) is 0 Å². The zero-order valence-corrected chi connectivity index (χ0v) is 42.7. The fraction of sp³-hybridized carbons (Fsp3) is 0.410. The molecule has 0 aliphatic carbocycles. The summed E-state index contributed by atoms with van der Waals surface area (Å²) in [5.41, 5.74) is 4.04. The molecule has 0 amide bonds. The Morgan fingerprint density at radius 3 is 1.12 bits per heavy atom. The van der Waals surface area contributed by atoms with E-state index in [4.69, 9.17) is 0 Å². The highest BCUT2D eigenvalue weighted by atomic mass is 16.1. The molecule has 6 aromatic carbocycles. The molecule has 4 heteroatoms. The van der Waals surface area contributed by atoms with Crippen LogP contribution in [0.2, 0.25) is 0 Å². The second-order valence-corrected chi connectivity index (χ2v) is 11.0. The monoisotopic (exact) mass is 897 g/mol. The molecule has 4 nitrogen and oxygen atoms in total. The molecule has 0 aliphatic heterocycles. The van der Waals surface area contributed by atoms with Crippen LogP contribution in [0.3, 0.4) is 0 Å². The molecule has 0 heterocycles. The number of hydrogen-bond acceptors (Lipinski definition) is 4. The fourth-order valence-electron chi connectivity index (χ4n) is 4.77. The lowest BCUT2D eigenvalue weighted by Gasteiger charge is -2.03. The Bertz CT molecular complexity index is 1850. The van der Waals surface area contributed by atoms with Gasteiger partial charge in [-0.1, -0.05) is 279 Å². The Morgan fingerprint density at radius 1 is 0.354 bits per heavy atom. The summed E-state index contributed by atoms with van der Waals surface area (Å²) in [6, 6.07) is 47.4. The van der Waals surface area contributed by atoms with E-state index in [-0.39, 0.29) is 39.6 Å². The molecule has 0 atom stereocenters. The maximum absolute atomic E-state index is 11.1. The summed E-state index contributed by atoms with van der Waals surface area (Å²) in [7, 11) is 0. The molecular formula is C61H100O4. The van der Waals surface area contributed by atoms with Gasteiger partial charge in [0.1, 0.15) is 23.6 Å². The Kier molecular flexibility index (Phi) is 77.2. The number of fused-ring (bicyclic) bond motifs is 2. The number of carbonyl (C=O) groups excluding carboxylic acids is 4. The van der Waals surface area contributed by atoms with Gasteiger partial charge in [0.2, 0.25) is 0 Å². The highest BCUT2D eigenvalue weighted by molar-refractivity contribution is 5.90. The lowest BCUT2D eigenvalue weighted by atomic mass is 10.0. The third-order valence-electron chi connectivity index (χ3n) is 6.82. The van der Waals surface area contributed by atoms with Crippen LogP contribution >= 0.6 is 0 Å². The molecule has 0 bridgehead atoms. The highest BCUT2D eigenvalue weighted by Gasteiger charge is 2.02. The van der Waals surface area contributed by atoms with Crippen LogP contribution in [0.5, 0.6) is 0 Å². The summed E-state index contributed by atoms with van der Waals surface area (Å²) < 4.78 is 0. The fourth-order valence-corrected chi connectivity index (χ4v) is 4.77. The zero-order chi connectivity index (χ0) is 49.1. The minimum absolute atomic E-state index is 0. The van der Waals surface area contributed by atoms with Crippen LogP contribution in [-0.4, -0.2) is 23.6 Å². The topological polar surface area (TPSA) is 68.3 Å². The summed E-state index contributed by atoms with van der Waals surface area (Å²) >= 11 is 0. The number of benzene rings is 6. The number of aldehydes is 1. The van der Waals surface area contributed by atoms with Gasteiger partial charge < -0.3 is 0 Å². The van der Waals surface area contributed by atoms with E-state index >= 15 is 0 Å². The average Bonchev–Trinajstić information content (AvgIpc) is 3.35. The molecular weight excluding hydrogens is 797 g/mol. The first-order chi connectivity index (χ1) is 30.2. The molecule has 0 spiro atoms. The SMILES string of the molecule is C.C.C.CC.CC.CC.CC.CC.CC.CC.CC.CC(=O)Cc1ccc2ccccc2c1.CC(=O)Cc1cccc2ccccc12.CC(=O)Cc1ccccc1.O=Cc1ccccc1. The largest absolute Gasteiger partial charge is 0.300 e. The van der Waals surface area contributed by atoms with Gasteiger partial charge in [-0.25, -0.2) is 0 Å². The minimum atomic E-state index is 0. The van der Waals surface area contributed by atoms with Gasteiger partial charge in [0.05, 0.1) is 0 Å². The maximum Gasteiger partial charge on any atom is 0.150 e. The normalized spacial score (nSPS) is 7.68. The second-order valence-electron chi connectivity index (χ2n) is 11.0. The first-order valence-corrected chi connectivity index (χ1v) is 23.2. The Balaban J connectivity index is -0.0000000830. The predicted molar refractivity (Wildman–Crippen MR) is 300 cm³/mol. The van der Waals surface area contributed by atoms with Gasteiger partial charge in [0.25, 0.3) is 0 Å². The lowest BCUT2D eigenvalue weighted by molar-refractivity contribution is -0.117. The summed E-state index contributed by atoms with van der Waals surface area (Å²) in [6.07, 6.45) is 2.45. The molecule has 6 rings (SSSR count). The quantitative estimate of drug-likeness (QED) is 0.150. The van der Waals surface area contributed by atoms with Crippen LogP contribution in [0.4, 0.5) is 0 Å². The van der Waals surface area contributed by atoms with Crippen LogP contribution < -0.4 is 0 Å². The average molecular weight is 897 g/mol. The van der Waals surface area contributed by atoms with Crippen molar-refractivity contribution >= 4 is 45.2 Å². The molecule has 0 radical (unpaired) electrons. The van der Waals surface area contributed by atoms with Crippen molar-refractivity contribution in [1.29, 1.82) is 0 Å². The first-order valence-electron chi connectivity index (χ1n) is 23.2. The van der Waals surface area contributed by atoms with Gasteiger partial charge >= 0.3 is 0 Å². The van der Waals surface area contributed by atoms with Crippen molar-refractivity contribution in [3.8, 4) is 0 Å². The van der Waals surface area contributed by atoms with E-state index < -0.39 is 0 Å². The summed E-state index contributed by atoms with van der Waals surface area (Å²) in [5.74, 6) is 0.632. The molecule has 0 unspecified atom stereocenters. The molecule has 0 saturated heterocycles. The summed E-state index contributed by atoms with van der Waals surface area (Å²) in [5, 5.41) is 4.81. The number of rotatable bonds is 7. The molecule has 0 aromatic heterocycles. The van der Waals surface area contributed by atoms with Crippen LogP contribution in [0.15, 0.2) is 146 Å². The summed E-state index contributed by atoms with van der Waals surface area (Å²) in [6.45, 7) is 36.9. The van der Waals surface area contributed by atoms with Crippen molar-refractivity contribution in [3.05, 3.63) is 168 Å². The van der Waals surface area contributed by atoms with E-state index in [1.807, 2.05) is 202 Å². The number of ketones is 3. The summed E-state index contributed by atoms with van der Waals surface area (Å²) in [4.78, 5) is 42.6. The minimum Gasteiger partial charge on any atom is -0.300 e. The number of Topliss-reactive ketones (excluding diaryl/α,β-unsaturated/α-hetero) is 3. The number of hydrogen-bond donors (Lipinski definition) is 0. The zero-order valence-electron chi connectivity index (χ0n) is 42.7. The van der Waals surface area contributed by atoms with Gasteiger partial charge in [-0.15, -0.1) is 0 Å². The van der Waals surface area contributed by atoms with Gasteiger partial charge in [-0.05, 0) is 59.0 Å². The Hall–Kier alpha value is -5.48. The van der Waals surface area contributed by atoms with E-state index in [1.54, 1.807) is 32.9 Å². The molecule has 0 N–H and O–H groups in total. The lowest BCUT2D eigenvalue weighted by Crippen LogP contribution is -1.96. The van der Waals surface area contributed by atoms with Crippen molar-refractivity contribution < 1.29 is 19.2 Å². The van der Waals surface area contributed by atoms with E-state index in [0.717, 1.165) is 28.5 Å². The third kappa shape index (κ3) is 43.5. The molecule has 0 aliphatic rings. The third-order valence-corrected chi connectivity index (χ3v) is 6.82. The Morgan fingerprint density at radius 2 is 0.708 bits per heavy atom. The second kappa shape index (κ2) is 62.8. The molecule has 368 valence electrons. The molecule has 6 aromatic rings.